The smallest absolute Gasteiger partial charge is 0.333 e. The fourth-order valence-electron chi connectivity index (χ4n) is 7.77. The Balaban J connectivity index is 1.85. The normalized spacial score (nSPS) is 18.3. The van der Waals surface area contributed by atoms with Gasteiger partial charge in [-0.15, -0.1) is 11.3 Å². The highest BCUT2D eigenvalue weighted by Crippen LogP contribution is 2.54. The molecule has 0 saturated carbocycles. The Bertz CT molecular complexity index is 1640. The number of carbonyl (C=O) groups is 4. The Labute approximate surface area is 345 Å². The third kappa shape index (κ3) is 14.1. The maximum atomic E-state index is 14.3. The lowest BCUT2D eigenvalue weighted by Crippen LogP contribution is -2.48. The Morgan fingerprint density at radius 1 is 1.02 bits per heavy atom. The number of ether oxygens (including phenoxy) is 1. The van der Waals surface area contributed by atoms with Crippen molar-refractivity contribution in [3.8, 4) is 0 Å². The predicted octanol–water partition coefficient (Wildman–Crippen LogP) is 8.42. The molecular formula is C43H69N4O8PS. The quantitative estimate of drug-likeness (QED) is 0.0856. The lowest BCUT2D eigenvalue weighted by molar-refractivity contribution is -0.149. The zero-order valence-corrected chi connectivity index (χ0v) is 38.0. The summed E-state index contributed by atoms with van der Waals surface area (Å²) in [6.45, 7) is 18.2. The van der Waals surface area contributed by atoms with Gasteiger partial charge < -0.3 is 24.0 Å². The number of carbonyl (C=O) groups excluding carboxylic acids is 4. The van der Waals surface area contributed by atoms with Crippen LogP contribution in [0.1, 0.15) is 133 Å². The van der Waals surface area contributed by atoms with E-state index < -0.39 is 43.2 Å². The summed E-state index contributed by atoms with van der Waals surface area (Å²) in [5.74, 6) is -1.39. The third-order valence-electron chi connectivity index (χ3n) is 11.3. The van der Waals surface area contributed by atoms with Gasteiger partial charge in [-0.1, -0.05) is 77.3 Å². The first-order valence-corrected chi connectivity index (χ1v) is 23.3. The number of rotatable bonds is 23. The Morgan fingerprint density at radius 2 is 1.67 bits per heavy atom. The molecule has 1 aromatic carbocycles. The average molecular weight is 833 g/mol. The SMILES string of the molecule is CCOP(=O)(OCC)[C@@H](C)C[C@H](Cc1ccc(C)cc1)NC(=O)c1csc([C@@H](C[C@H](C(C)C)N(C)C(=O)[C@@H](CC(=O)[C@H]2CCCCN2C)[C@@H](C)CC)OC(C)=O)n1. The van der Waals surface area contributed by atoms with E-state index in [1.807, 2.05) is 72.9 Å². The van der Waals surface area contributed by atoms with Crippen molar-refractivity contribution < 1.29 is 37.5 Å². The fraction of sp³-hybridized carbons (Fsp3) is 0.698. The van der Waals surface area contributed by atoms with Crippen molar-refractivity contribution in [2.75, 3.05) is 33.9 Å². The van der Waals surface area contributed by atoms with Crippen LogP contribution in [0.3, 0.4) is 0 Å². The van der Waals surface area contributed by atoms with Gasteiger partial charge in [0.15, 0.2) is 11.9 Å². The maximum absolute atomic E-state index is 14.3. The van der Waals surface area contributed by atoms with Gasteiger partial charge >= 0.3 is 13.6 Å². The van der Waals surface area contributed by atoms with Gasteiger partial charge in [-0.05, 0) is 77.4 Å². The summed E-state index contributed by atoms with van der Waals surface area (Å²) in [7, 11) is 0.320. The molecule has 2 heterocycles. The lowest BCUT2D eigenvalue weighted by atomic mass is 9.83. The first kappa shape index (κ1) is 48.4. The van der Waals surface area contributed by atoms with Crippen LogP contribution < -0.4 is 5.32 Å². The highest BCUT2D eigenvalue weighted by Gasteiger charge is 2.38. The second-order valence-corrected chi connectivity index (χ2v) is 19.5. The molecule has 0 radical (unpaired) electrons. The standard InChI is InChI=1S/C43H69N4O8PS/c1-12-30(7)35(25-39(49)37-17-15-16-22-46(37)10)43(51)47(11)38(28(4)5)26-40(55-32(9)48)42-45-36(27-57-42)41(50)44-34(24-33-20-18-29(6)19-21-33)23-31(8)56(52,53-13-2)54-14-3/h18-21,27-28,30-31,34-35,37-38,40H,12-17,22-26H2,1-11H3,(H,44,50)/t30-,31-,34+,35-,37+,38+,40+/m0/s1. The minimum absolute atomic E-state index is 0.00185. The molecule has 57 heavy (non-hydrogen) atoms. The number of nitrogens with one attached hydrogen (secondary N) is 1. The van der Waals surface area contributed by atoms with Crippen molar-refractivity contribution in [1.82, 2.24) is 20.1 Å². The van der Waals surface area contributed by atoms with E-state index in [0.717, 1.165) is 43.4 Å². The number of amides is 2. The number of nitrogens with zero attached hydrogens (tertiary/aromatic N) is 3. The van der Waals surface area contributed by atoms with E-state index in [-0.39, 0.29) is 67.4 Å². The molecule has 2 aromatic rings. The zero-order valence-electron chi connectivity index (χ0n) is 36.2. The minimum Gasteiger partial charge on any atom is -0.455 e. The number of thiazole rings is 1. The second kappa shape index (κ2) is 23.0. The van der Waals surface area contributed by atoms with Crippen LogP contribution in [0, 0.1) is 24.7 Å². The van der Waals surface area contributed by atoms with Gasteiger partial charge in [-0.25, -0.2) is 4.98 Å². The number of likely N-dealkylation sites (tertiary alicyclic amines) is 1. The maximum Gasteiger partial charge on any atom is 0.333 e. The van der Waals surface area contributed by atoms with Crippen molar-refractivity contribution >= 4 is 42.5 Å². The number of ketones is 1. The Morgan fingerprint density at radius 3 is 2.23 bits per heavy atom. The molecule has 3 rings (SSSR count). The first-order chi connectivity index (χ1) is 26.9. The van der Waals surface area contributed by atoms with Crippen LogP contribution in [0.15, 0.2) is 29.6 Å². The minimum atomic E-state index is -3.44. The van der Waals surface area contributed by atoms with E-state index in [1.165, 1.54) is 18.3 Å². The van der Waals surface area contributed by atoms with Crippen LogP contribution in [0.4, 0.5) is 0 Å². The molecule has 2 amide bonds. The van der Waals surface area contributed by atoms with E-state index in [1.54, 1.807) is 31.2 Å². The summed E-state index contributed by atoms with van der Waals surface area (Å²) < 4.78 is 30.8. The van der Waals surface area contributed by atoms with Crippen molar-refractivity contribution in [2.45, 2.75) is 144 Å². The van der Waals surface area contributed by atoms with E-state index in [4.69, 9.17) is 13.8 Å². The summed E-state index contributed by atoms with van der Waals surface area (Å²) in [5.41, 5.74) is 1.80. The van der Waals surface area contributed by atoms with Crippen molar-refractivity contribution in [1.29, 1.82) is 0 Å². The van der Waals surface area contributed by atoms with Crippen LogP contribution in [-0.4, -0.2) is 96.0 Å². The third-order valence-corrected chi connectivity index (χ3v) is 14.8. The summed E-state index contributed by atoms with van der Waals surface area (Å²) in [5, 5.41) is 5.21. The number of aryl methyl sites for hydroxylation is 1. The zero-order chi connectivity index (χ0) is 42.4. The number of hydrogen-bond acceptors (Lipinski definition) is 11. The number of likely N-dealkylation sites (N-methyl/N-ethyl adjacent to an activating group) is 1. The van der Waals surface area contributed by atoms with Gasteiger partial charge in [-0.3, -0.25) is 28.6 Å². The van der Waals surface area contributed by atoms with Crippen molar-refractivity contribution in [3.05, 3.63) is 51.5 Å². The van der Waals surface area contributed by atoms with Crippen LogP contribution in [0.5, 0.6) is 0 Å². The molecule has 1 fully saturated rings. The molecule has 1 aliphatic heterocycles. The summed E-state index contributed by atoms with van der Waals surface area (Å²) in [6.07, 6.45) is 4.11. The Kier molecular flexibility index (Phi) is 19.5. The van der Waals surface area contributed by atoms with E-state index in [2.05, 4.69) is 15.2 Å². The van der Waals surface area contributed by atoms with Gasteiger partial charge in [0.25, 0.3) is 5.91 Å². The molecule has 0 unspecified atom stereocenters. The largest absolute Gasteiger partial charge is 0.455 e. The number of aromatic nitrogens is 1. The van der Waals surface area contributed by atoms with Gasteiger partial charge in [0.1, 0.15) is 10.7 Å². The van der Waals surface area contributed by atoms with Crippen molar-refractivity contribution in [2.24, 2.45) is 17.8 Å². The molecule has 7 atom stereocenters. The average Bonchev–Trinajstić information content (AvgIpc) is 3.66. The van der Waals surface area contributed by atoms with Crippen LogP contribution in [0.2, 0.25) is 0 Å². The second-order valence-electron chi connectivity index (χ2n) is 16.1. The molecule has 1 aliphatic rings. The van der Waals surface area contributed by atoms with E-state index >= 15 is 0 Å². The number of Topliss-reactive ketones (excluding diaryl/α,β-unsaturated/α-hetero) is 1. The van der Waals surface area contributed by atoms with Gasteiger partial charge in [-0.2, -0.15) is 0 Å². The molecule has 320 valence electrons. The predicted molar refractivity (Wildman–Crippen MR) is 227 cm³/mol. The van der Waals surface area contributed by atoms with E-state index in [0.29, 0.717) is 17.8 Å². The topological polar surface area (TPSA) is 144 Å². The highest BCUT2D eigenvalue weighted by atomic mass is 32.1. The molecule has 0 spiro atoms. The lowest BCUT2D eigenvalue weighted by Gasteiger charge is -2.37. The molecule has 0 bridgehead atoms. The summed E-state index contributed by atoms with van der Waals surface area (Å²) >= 11 is 1.22. The molecule has 12 nitrogen and oxygen atoms in total. The van der Waals surface area contributed by atoms with Gasteiger partial charge in [0.2, 0.25) is 5.91 Å². The number of piperidine rings is 1. The summed E-state index contributed by atoms with van der Waals surface area (Å²) in [4.78, 5) is 62.8. The number of esters is 1. The monoisotopic (exact) mass is 832 g/mol. The first-order valence-electron chi connectivity index (χ1n) is 20.8. The highest BCUT2D eigenvalue weighted by molar-refractivity contribution is 7.54. The molecular weight excluding hydrogens is 764 g/mol. The molecule has 0 aliphatic carbocycles. The molecule has 1 N–H and O–H groups in total. The van der Waals surface area contributed by atoms with Crippen LogP contribution >= 0.6 is 18.9 Å². The molecule has 1 aromatic heterocycles. The molecule has 14 heteroatoms. The fourth-order valence-corrected chi connectivity index (χ4v) is 10.4. The van der Waals surface area contributed by atoms with Crippen LogP contribution in [0.25, 0.3) is 0 Å². The molecule has 1 saturated heterocycles. The van der Waals surface area contributed by atoms with Gasteiger partial charge in [0.05, 0.1) is 24.9 Å². The Hall–Kier alpha value is -2.96. The number of benzene rings is 1. The van der Waals surface area contributed by atoms with Crippen molar-refractivity contribution in [3.63, 3.8) is 0 Å². The summed E-state index contributed by atoms with van der Waals surface area (Å²) in [6, 6.07) is 7.11. The van der Waals surface area contributed by atoms with Crippen LogP contribution in [-0.2, 0) is 39.2 Å². The number of hydrogen-bond donors (Lipinski definition) is 1. The van der Waals surface area contributed by atoms with Gasteiger partial charge in [0, 0.05) is 50.2 Å². The van der Waals surface area contributed by atoms with E-state index in [9.17, 15) is 23.7 Å².